The number of benzene rings is 1. The van der Waals surface area contributed by atoms with E-state index in [9.17, 15) is 4.39 Å². The number of piperazine rings is 1. The minimum Gasteiger partial charge on any atom is -0.314 e. The van der Waals surface area contributed by atoms with Crippen LogP contribution in [0.25, 0.3) is 10.1 Å². The molecule has 0 saturated carbocycles. The molecular formula is C14H19Cl2FN2S. The monoisotopic (exact) mass is 336 g/mol. The zero-order chi connectivity index (χ0) is 12.4. The van der Waals surface area contributed by atoms with Gasteiger partial charge in [0.2, 0.25) is 0 Å². The van der Waals surface area contributed by atoms with Gasteiger partial charge in [-0.05, 0) is 22.4 Å². The summed E-state index contributed by atoms with van der Waals surface area (Å²) in [5.41, 5.74) is 1.15. The Bertz CT molecular complexity index is 529. The Kier molecular flexibility index (Phi) is 7.20. The summed E-state index contributed by atoms with van der Waals surface area (Å²) in [5, 5.41) is 6.65. The molecule has 1 N–H and O–H groups in total. The maximum Gasteiger partial charge on any atom is 0.109 e. The Morgan fingerprint density at radius 2 is 1.90 bits per heavy atom. The largest absolute Gasteiger partial charge is 0.314 e. The molecule has 1 aromatic carbocycles. The molecule has 1 aromatic heterocycles. The van der Waals surface area contributed by atoms with Crippen LogP contribution in [0.1, 0.15) is 11.6 Å². The van der Waals surface area contributed by atoms with Gasteiger partial charge < -0.3 is 5.32 Å². The number of rotatable bonds is 3. The van der Waals surface area contributed by atoms with Crippen LogP contribution in [0.3, 0.4) is 0 Å². The first-order valence-corrected chi connectivity index (χ1v) is 7.25. The van der Waals surface area contributed by atoms with Crippen LogP contribution in [0.4, 0.5) is 4.39 Å². The zero-order valence-corrected chi connectivity index (χ0v) is 13.5. The van der Waals surface area contributed by atoms with Gasteiger partial charge in [0.05, 0.1) is 6.04 Å². The molecule has 1 atom stereocenters. The van der Waals surface area contributed by atoms with Crippen LogP contribution < -0.4 is 5.32 Å². The number of nitrogens with one attached hydrogen (secondary N) is 1. The Morgan fingerprint density at radius 1 is 1.20 bits per heavy atom. The number of thiophene rings is 1. The van der Waals surface area contributed by atoms with E-state index in [4.69, 9.17) is 0 Å². The first-order chi connectivity index (χ1) is 8.90. The Morgan fingerprint density at radius 3 is 2.60 bits per heavy atom. The molecule has 1 aliphatic rings. The number of nitrogens with zero attached hydrogens (tertiary/aromatic N) is 1. The van der Waals surface area contributed by atoms with Crippen LogP contribution >= 0.6 is 36.2 Å². The quantitative estimate of drug-likeness (QED) is 0.920. The van der Waals surface area contributed by atoms with Crippen LogP contribution in [-0.2, 0) is 0 Å². The Hall–Kier alpha value is -0.390. The van der Waals surface area contributed by atoms with Gasteiger partial charge in [-0.15, -0.1) is 36.2 Å². The highest BCUT2D eigenvalue weighted by Crippen LogP contribution is 2.33. The van der Waals surface area contributed by atoms with Gasteiger partial charge in [0.1, 0.15) is 6.67 Å². The van der Waals surface area contributed by atoms with E-state index in [0.717, 1.165) is 31.7 Å². The fourth-order valence-corrected chi connectivity index (χ4v) is 3.64. The molecule has 0 bridgehead atoms. The molecule has 2 heterocycles. The molecule has 0 spiro atoms. The van der Waals surface area contributed by atoms with Crippen molar-refractivity contribution in [1.29, 1.82) is 0 Å². The van der Waals surface area contributed by atoms with Crippen LogP contribution in [-0.4, -0.2) is 37.8 Å². The fourth-order valence-electron chi connectivity index (χ4n) is 2.63. The second kappa shape index (κ2) is 8.15. The lowest BCUT2D eigenvalue weighted by atomic mass is 10.0. The molecule has 20 heavy (non-hydrogen) atoms. The van der Waals surface area contributed by atoms with Gasteiger partial charge in [-0.2, -0.15) is 0 Å². The highest BCUT2D eigenvalue weighted by Gasteiger charge is 2.24. The van der Waals surface area contributed by atoms with E-state index in [1.54, 1.807) is 11.3 Å². The highest BCUT2D eigenvalue weighted by atomic mass is 35.5. The van der Waals surface area contributed by atoms with Gasteiger partial charge in [-0.1, -0.05) is 18.2 Å². The second-order valence-electron chi connectivity index (χ2n) is 4.64. The molecule has 0 aliphatic carbocycles. The van der Waals surface area contributed by atoms with Crippen LogP contribution in [0.5, 0.6) is 0 Å². The molecule has 6 heteroatoms. The lowest BCUT2D eigenvalue weighted by Crippen LogP contribution is -2.45. The minimum atomic E-state index is -0.305. The number of fused-ring (bicyclic) bond motifs is 1. The van der Waals surface area contributed by atoms with Gasteiger partial charge in [-0.3, -0.25) is 4.90 Å². The average molecular weight is 337 g/mol. The zero-order valence-electron chi connectivity index (χ0n) is 11.0. The molecule has 112 valence electrons. The molecule has 1 saturated heterocycles. The fraction of sp³-hybridized carbons (Fsp3) is 0.429. The molecule has 1 fully saturated rings. The summed E-state index contributed by atoms with van der Waals surface area (Å²) in [4.78, 5) is 2.25. The van der Waals surface area contributed by atoms with E-state index in [1.807, 2.05) is 12.1 Å². The summed E-state index contributed by atoms with van der Waals surface area (Å²) in [6.07, 6.45) is 0. The molecule has 2 nitrogen and oxygen atoms in total. The maximum absolute atomic E-state index is 13.5. The molecule has 3 rings (SSSR count). The van der Waals surface area contributed by atoms with Crippen molar-refractivity contribution in [2.45, 2.75) is 6.04 Å². The van der Waals surface area contributed by atoms with Gasteiger partial charge in [0, 0.05) is 30.9 Å². The van der Waals surface area contributed by atoms with Crippen molar-refractivity contribution in [1.82, 2.24) is 10.2 Å². The highest BCUT2D eigenvalue weighted by molar-refractivity contribution is 7.17. The second-order valence-corrected chi connectivity index (χ2v) is 5.55. The molecule has 0 radical (unpaired) electrons. The van der Waals surface area contributed by atoms with E-state index >= 15 is 0 Å². The average Bonchev–Trinajstić information content (AvgIpc) is 2.85. The number of alkyl halides is 1. The summed E-state index contributed by atoms with van der Waals surface area (Å²) in [6.45, 7) is 3.47. The number of halogens is 3. The van der Waals surface area contributed by atoms with Gasteiger partial charge in [0.25, 0.3) is 0 Å². The van der Waals surface area contributed by atoms with Crippen molar-refractivity contribution < 1.29 is 4.39 Å². The Balaban J connectivity index is 0.000001000. The van der Waals surface area contributed by atoms with Crippen molar-refractivity contribution in [3.63, 3.8) is 0 Å². The molecule has 1 aliphatic heterocycles. The molecule has 0 unspecified atom stereocenters. The van der Waals surface area contributed by atoms with E-state index in [1.165, 1.54) is 10.1 Å². The van der Waals surface area contributed by atoms with Crippen molar-refractivity contribution in [3.05, 3.63) is 35.2 Å². The predicted octanol–water partition coefficient (Wildman–Crippen LogP) is 3.66. The van der Waals surface area contributed by atoms with Crippen LogP contribution in [0.2, 0.25) is 0 Å². The first-order valence-electron chi connectivity index (χ1n) is 6.37. The van der Waals surface area contributed by atoms with Crippen LogP contribution in [0, 0.1) is 0 Å². The van der Waals surface area contributed by atoms with Crippen molar-refractivity contribution in [2.75, 3.05) is 32.9 Å². The van der Waals surface area contributed by atoms with E-state index in [2.05, 4.69) is 27.7 Å². The number of hydrogen-bond acceptors (Lipinski definition) is 3. The lowest BCUT2D eigenvalue weighted by molar-refractivity contribution is 0.149. The maximum atomic E-state index is 13.5. The van der Waals surface area contributed by atoms with Crippen molar-refractivity contribution in [3.8, 4) is 0 Å². The first kappa shape index (κ1) is 17.7. The number of hydrogen-bond donors (Lipinski definition) is 1. The third kappa shape index (κ3) is 3.43. The summed E-state index contributed by atoms with van der Waals surface area (Å²) in [7, 11) is 0. The van der Waals surface area contributed by atoms with Gasteiger partial charge in [0.15, 0.2) is 0 Å². The minimum absolute atomic E-state index is 0. The van der Waals surface area contributed by atoms with Crippen LogP contribution in [0.15, 0.2) is 29.6 Å². The predicted molar refractivity (Wildman–Crippen MR) is 89.5 cm³/mol. The third-order valence-corrected chi connectivity index (χ3v) is 4.59. The summed E-state index contributed by atoms with van der Waals surface area (Å²) in [5.74, 6) is 0. The third-order valence-electron chi connectivity index (χ3n) is 3.61. The summed E-state index contributed by atoms with van der Waals surface area (Å²) < 4.78 is 14.7. The Labute approximate surface area is 135 Å². The van der Waals surface area contributed by atoms with E-state index in [-0.39, 0.29) is 37.5 Å². The van der Waals surface area contributed by atoms with Crippen molar-refractivity contribution >= 4 is 46.2 Å². The van der Waals surface area contributed by atoms with Gasteiger partial charge in [-0.25, -0.2) is 4.39 Å². The van der Waals surface area contributed by atoms with E-state index in [0.29, 0.717) is 0 Å². The standard InChI is InChI=1S/C14H17FN2S.2ClH/c15-9-13(17-7-5-16-6-8-17)12-10-18-14-4-2-1-3-11(12)14;;/h1-4,10,13,16H,5-9H2;2*1H/t13-;;/m0../s1. The van der Waals surface area contributed by atoms with Gasteiger partial charge >= 0.3 is 0 Å². The summed E-state index contributed by atoms with van der Waals surface area (Å²) in [6, 6.07) is 8.20. The molecule has 2 aromatic rings. The van der Waals surface area contributed by atoms with E-state index < -0.39 is 0 Å². The topological polar surface area (TPSA) is 15.3 Å². The lowest BCUT2D eigenvalue weighted by Gasteiger charge is -2.33. The normalized spacial score (nSPS) is 17.2. The SMILES string of the molecule is Cl.Cl.FC[C@@H](c1csc2ccccc12)N1CCNCC1. The summed E-state index contributed by atoms with van der Waals surface area (Å²) >= 11 is 1.71. The van der Waals surface area contributed by atoms with Crippen molar-refractivity contribution in [2.24, 2.45) is 0 Å². The molecular weight excluding hydrogens is 318 g/mol. The molecule has 0 amide bonds. The smallest absolute Gasteiger partial charge is 0.109 e.